The summed E-state index contributed by atoms with van der Waals surface area (Å²) in [6.45, 7) is 1.86. The number of nitrogens with one attached hydrogen (secondary N) is 2. The Hall–Kier alpha value is -0.950. The van der Waals surface area contributed by atoms with Crippen molar-refractivity contribution >= 4 is 36.4 Å². The molecular formula is C15H17Cl3F3N3. The first kappa shape index (κ1) is 21.1. The molecule has 1 aromatic carbocycles. The van der Waals surface area contributed by atoms with Gasteiger partial charge < -0.3 is 10.3 Å². The minimum absolute atomic E-state index is 0. The van der Waals surface area contributed by atoms with Crippen molar-refractivity contribution in [2.45, 2.75) is 24.9 Å². The number of hydrogen-bond donors (Lipinski definition) is 2. The number of aromatic amines is 1. The second kappa shape index (κ2) is 8.43. The molecule has 0 unspecified atom stereocenters. The number of imidazole rings is 1. The van der Waals surface area contributed by atoms with Gasteiger partial charge in [0.1, 0.15) is 5.82 Å². The van der Waals surface area contributed by atoms with Crippen LogP contribution >= 0.6 is 36.4 Å². The van der Waals surface area contributed by atoms with E-state index in [9.17, 15) is 13.2 Å². The topological polar surface area (TPSA) is 40.7 Å². The third kappa shape index (κ3) is 4.57. The summed E-state index contributed by atoms with van der Waals surface area (Å²) in [5.74, 6) is 1.16. The van der Waals surface area contributed by atoms with Crippen LogP contribution in [0.5, 0.6) is 0 Å². The molecule has 0 bridgehead atoms. The summed E-state index contributed by atoms with van der Waals surface area (Å²) in [5.41, 5.74) is 0.185. The second-order valence-electron chi connectivity index (χ2n) is 5.40. The zero-order valence-electron chi connectivity index (χ0n) is 12.5. The zero-order chi connectivity index (χ0) is 15.7. The summed E-state index contributed by atoms with van der Waals surface area (Å²) in [5, 5.41) is 2.98. The first-order valence-electron chi connectivity index (χ1n) is 7.08. The van der Waals surface area contributed by atoms with E-state index in [4.69, 9.17) is 11.6 Å². The summed E-state index contributed by atoms with van der Waals surface area (Å²) in [4.78, 5) is 7.48. The van der Waals surface area contributed by atoms with Gasteiger partial charge in [-0.1, -0.05) is 17.7 Å². The van der Waals surface area contributed by atoms with Gasteiger partial charge >= 0.3 is 6.18 Å². The van der Waals surface area contributed by atoms with Gasteiger partial charge in [-0.3, -0.25) is 0 Å². The molecule has 0 saturated carbocycles. The third-order valence-electron chi connectivity index (χ3n) is 3.90. The molecule has 0 amide bonds. The van der Waals surface area contributed by atoms with Gasteiger partial charge in [-0.2, -0.15) is 13.2 Å². The summed E-state index contributed by atoms with van der Waals surface area (Å²) in [6, 6.07) is 3.89. The number of piperidine rings is 1. The Morgan fingerprint density at radius 1 is 1.12 bits per heavy atom. The van der Waals surface area contributed by atoms with Crippen LogP contribution in [0.4, 0.5) is 13.2 Å². The van der Waals surface area contributed by atoms with Gasteiger partial charge in [0.15, 0.2) is 0 Å². The third-order valence-corrected chi connectivity index (χ3v) is 4.23. The van der Waals surface area contributed by atoms with Crippen LogP contribution in [-0.2, 0) is 6.18 Å². The minimum Gasteiger partial charge on any atom is -0.342 e. The van der Waals surface area contributed by atoms with Crippen LogP contribution in [0.1, 0.15) is 30.1 Å². The average molecular weight is 403 g/mol. The van der Waals surface area contributed by atoms with Crippen molar-refractivity contribution < 1.29 is 13.2 Å². The highest BCUT2D eigenvalue weighted by atomic mass is 35.5. The molecule has 1 aliphatic heterocycles. The van der Waals surface area contributed by atoms with E-state index in [1.165, 1.54) is 6.07 Å². The molecule has 0 atom stereocenters. The van der Waals surface area contributed by atoms with E-state index in [0.29, 0.717) is 17.2 Å². The maximum Gasteiger partial charge on any atom is 0.417 e. The fraction of sp³-hybridized carbons (Fsp3) is 0.400. The Kier molecular flexibility index (Phi) is 7.41. The lowest BCUT2D eigenvalue weighted by atomic mass is 9.98. The number of alkyl halides is 3. The maximum atomic E-state index is 12.9. The standard InChI is InChI=1S/C15H15ClF3N3.2ClH/c16-12-2-1-10(7-11(12)15(17,18)19)13-8-21-14(22-13)9-3-5-20-6-4-9;;/h1-2,7-9,20H,3-6H2,(H,21,22);2*1H. The van der Waals surface area contributed by atoms with Crippen molar-refractivity contribution in [1.82, 2.24) is 15.3 Å². The molecule has 0 radical (unpaired) electrons. The van der Waals surface area contributed by atoms with Crippen LogP contribution in [0.15, 0.2) is 24.4 Å². The largest absolute Gasteiger partial charge is 0.417 e. The Labute approximate surface area is 155 Å². The van der Waals surface area contributed by atoms with E-state index in [0.717, 1.165) is 37.8 Å². The lowest BCUT2D eigenvalue weighted by Gasteiger charge is -2.20. The lowest BCUT2D eigenvalue weighted by Crippen LogP contribution is -2.27. The fourth-order valence-electron chi connectivity index (χ4n) is 2.70. The number of aromatic nitrogens is 2. The molecule has 0 spiro atoms. The molecule has 2 N–H and O–H groups in total. The predicted molar refractivity (Wildman–Crippen MR) is 93.4 cm³/mol. The molecule has 9 heteroatoms. The van der Waals surface area contributed by atoms with E-state index in [1.807, 2.05) is 0 Å². The maximum absolute atomic E-state index is 12.9. The first-order valence-corrected chi connectivity index (χ1v) is 7.45. The average Bonchev–Trinajstić information content (AvgIpc) is 2.97. The van der Waals surface area contributed by atoms with Crippen molar-refractivity contribution in [1.29, 1.82) is 0 Å². The van der Waals surface area contributed by atoms with E-state index in [2.05, 4.69) is 15.3 Å². The Morgan fingerprint density at radius 3 is 2.42 bits per heavy atom. The van der Waals surface area contributed by atoms with Gasteiger partial charge in [-0.05, 0) is 38.1 Å². The monoisotopic (exact) mass is 401 g/mol. The van der Waals surface area contributed by atoms with Gasteiger partial charge in [-0.15, -0.1) is 24.8 Å². The molecule has 2 heterocycles. The molecule has 1 aromatic heterocycles. The number of hydrogen-bond acceptors (Lipinski definition) is 2. The van der Waals surface area contributed by atoms with Crippen molar-refractivity contribution in [2.75, 3.05) is 13.1 Å². The van der Waals surface area contributed by atoms with Gasteiger partial charge in [0, 0.05) is 11.5 Å². The summed E-state index contributed by atoms with van der Waals surface area (Å²) in [7, 11) is 0. The van der Waals surface area contributed by atoms with Crippen LogP contribution < -0.4 is 5.32 Å². The number of H-pyrrole nitrogens is 1. The van der Waals surface area contributed by atoms with Crippen molar-refractivity contribution in [3.8, 4) is 11.3 Å². The molecule has 0 aliphatic carbocycles. The van der Waals surface area contributed by atoms with Crippen LogP contribution in [-0.4, -0.2) is 23.1 Å². The van der Waals surface area contributed by atoms with E-state index < -0.39 is 11.7 Å². The molecular weight excluding hydrogens is 386 g/mol. The van der Waals surface area contributed by atoms with Gasteiger partial charge in [0.05, 0.1) is 22.5 Å². The van der Waals surface area contributed by atoms with Crippen LogP contribution in [0, 0.1) is 0 Å². The molecule has 1 saturated heterocycles. The molecule has 134 valence electrons. The summed E-state index contributed by atoms with van der Waals surface area (Å²) < 4.78 is 38.8. The Morgan fingerprint density at radius 2 is 1.79 bits per heavy atom. The smallest absolute Gasteiger partial charge is 0.342 e. The van der Waals surface area contributed by atoms with Gasteiger partial charge in [0.2, 0.25) is 0 Å². The minimum atomic E-state index is -4.47. The van der Waals surface area contributed by atoms with Crippen molar-refractivity contribution in [3.05, 3.63) is 40.8 Å². The van der Waals surface area contributed by atoms with Crippen LogP contribution in [0.2, 0.25) is 5.02 Å². The lowest BCUT2D eigenvalue weighted by molar-refractivity contribution is -0.137. The number of benzene rings is 1. The molecule has 1 aliphatic rings. The molecule has 24 heavy (non-hydrogen) atoms. The van der Waals surface area contributed by atoms with E-state index >= 15 is 0 Å². The molecule has 2 aromatic rings. The van der Waals surface area contributed by atoms with E-state index in [1.54, 1.807) is 12.3 Å². The molecule has 3 nitrogen and oxygen atoms in total. The van der Waals surface area contributed by atoms with Crippen LogP contribution in [0.25, 0.3) is 11.3 Å². The van der Waals surface area contributed by atoms with Gasteiger partial charge in [0.25, 0.3) is 0 Å². The van der Waals surface area contributed by atoms with Crippen molar-refractivity contribution in [3.63, 3.8) is 0 Å². The predicted octanol–water partition coefficient (Wildman–Crippen LogP) is 5.06. The molecule has 1 fully saturated rings. The van der Waals surface area contributed by atoms with Crippen molar-refractivity contribution in [2.24, 2.45) is 0 Å². The highest BCUT2D eigenvalue weighted by Crippen LogP contribution is 2.37. The number of rotatable bonds is 2. The first-order chi connectivity index (χ1) is 10.4. The summed E-state index contributed by atoms with van der Waals surface area (Å²) in [6.07, 6.45) is -0.936. The van der Waals surface area contributed by atoms with Gasteiger partial charge in [-0.25, -0.2) is 4.98 Å². The number of halogens is 6. The highest BCUT2D eigenvalue weighted by Gasteiger charge is 2.33. The Bertz CT molecular complexity index is 667. The normalized spacial score (nSPS) is 15.5. The van der Waals surface area contributed by atoms with Crippen LogP contribution in [0.3, 0.4) is 0 Å². The fourth-order valence-corrected chi connectivity index (χ4v) is 2.92. The Balaban J connectivity index is 0.00000144. The SMILES string of the molecule is Cl.Cl.FC(F)(F)c1cc(-c2cnc(C3CCNCC3)[nH]2)ccc1Cl. The zero-order valence-corrected chi connectivity index (χ0v) is 14.9. The highest BCUT2D eigenvalue weighted by molar-refractivity contribution is 6.31. The molecule has 3 rings (SSSR count). The second-order valence-corrected chi connectivity index (χ2v) is 5.81. The quantitative estimate of drug-likeness (QED) is 0.737. The van der Waals surface area contributed by atoms with E-state index in [-0.39, 0.29) is 29.8 Å². The summed E-state index contributed by atoms with van der Waals surface area (Å²) >= 11 is 5.64. The number of nitrogens with zero attached hydrogens (tertiary/aromatic N) is 1.